The number of nitrogens with zero attached hydrogens (tertiary/aromatic N) is 4. The second-order valence-electron chi connectivity index (χ2n) is 2.93. The van der Waals surface area contributed by atoms with E-state index >= 15 is 0 Å². The smallest absolute Gasteiger partial charge is 0.328 e. The predicted molar refractivity (Wildman–Crippen MR) is 59.9 cm³/mol. The Bertz CT molecular complexity index is 415. The van der Waals surface area contributed by atoms with Gasteiger partial charge in [-0.05, 0) is 29.8 Å². The third-order valence-corrected chi connectivity index (χ3v) is 2.59. The van der Waals surface area contributed by atoms with E-state index < -0.39 is 0 Å². The molecule has 0 aliphatic rings. The Kier molecular flexibility index (Phi) is 4.03. The van der Waals surface area contributed by atoms with Crippen LogP contribution in [0.3, 0.4) is 0 Å². The zero-order chi connectivity index (χ0) is 11.3. The van der Waals surface area contributed by atoms with Crippen LogP contribution in [0.4, 0.5) is 5.69 Å². The molecule has 0 N–H and O–H groups in total. The lowest BCUT2D eigenvalue weighted by molar-refractivity contribution is -0.00521. The van der Waals surface area contributed by atoms with Gasteiger partial charge in [0.2, 0.25) is 0 Å². The van der Waals surface area contributed by atoms with Crippen LogP contribution in [-0.4, -0.2) is 22.5 Å². The monoisotopic (exact) mass is 222 g/mol. The first-order chi connectivity index (χ1) is 7.17. The summed E-state index contributed by atoms with van der Waals surface area (Å²) in [7, 11) is 1.71. The highest BCUT2D eigenvalue weighted by molar-refractivity contribution is 7.97. The van der Waals surface area contributed by atoms with E-state index in [1.54, 1.807) is 23.5 Å². The Balaban J connectivity index is 2.93. The molecule has 0 radical (unpaired) electrons. The third kappa shape index (κ3) is 3.19. The fourth-order valence-electron chi connectivity index (χ4n) is 1.03. The lowest BCUT2D eigenvalue weighted by Crippen LogP contribution is -2.05. The molecule has 15 heavy (non-hydrogen) atoms. The van der Waals surface area contributed by atoms with Gasteiger partial charge in [-0.15, -0.1) is 4.91 Å². The van der Waals surface area contributed by atoms with Crippen LogP contribution in [0.2, 0.25) is 0 Å². The standard InChI is InChI=1S/C9H10N4OS/c1-7-3-4-9(8(5-7)12-14)15-13(2)6-11-10/h3-6H,1-2H3. The van der Waals surface area contributed by atoms with Crippen molar-refractivity contribution in [2.75, 3.05) is 7.05 Å². The summed E-state index contributed by atoms with van der Waals surface area (Å²) in [6.45, 7) is 1.89. The number of benzene rings is 1. The minimum absolute atomic E-state index is 0.387. The lowest BCUT2D eigenvalue weighted by Gasteiger charge is -2.04. The molecule has 1 aromatic carbocycles. The van der Waals surface area contributed by atoms with Gasteiger partial charge in [0, 0.05) is 0 Å². The maximum atomic E-state index is 10.6. The number of nitroso groups, excluding NO2 is 1. The molecule has 0 fully saturated rings. The summed E-state index contributed by atoms with van der Waals surface area (Å²) >= 11 is 1.26. The van der Waals surface area contributed by atoms with Gasteiger partial charge in [-0.1, -0.05) is 6.07 Å². The second kappa shape index (κ2) is 5.29. The van der Waals surface area contributed by atoms with Crippen molar-refractivity contribution in [3.05, 3.63) is 34.2 Å². The largest absolute Gasteiger partial charge is 0.498 e. The molecule has 0 aromatic heterocycles. The molecule has 0 aliphatic heterocycles. The van der Waals surface area contributed by atoms with Crippen LogP contribution in [0.15, 0.2) is 28.3 Å². The molecule has 0 spiro atoms. The Hall–Kier alpha value is -1.65. The van der Waals surface area contributed by atoms with Crippen LogP contribution in [0.25, 0.3) is 5.53 Å². The van der Waals surface area contributed by atoms with Crippen LogP contribution < -0.4 is 0 Å². The van der Waals surface area contributed by atoms with Gasteiger partial charge in [0.15, 0.2) is 0 Å². The molecular formula is C9H10N4OS. The molecule has 6 heteroatoms. The minimum atomic E-state index is 0.387. The molecule has 0 bridgehead atoms. The van der Waals surface area contributed by atoms with Crippen molar-refractivity contribution in [1.82, 2.24) is 4.31 Å². The third-order valence-electron chi connectivity index (χ3n) is 1.67. The molecule has 0 heterocycles. The summed E-state index contributed by atoms with van der Waals surface area (Å²) in [5.74, 6) is 0. The van der Waals surface area contributed by atoms with Crippen molar-refractivity contribution in [2.45, 2.75) is 11.8 Å². The summed E-state index contributed by atoms with van der Waals surface area (Å²) in [6, 6.07) is 5.40. The molecule has 0 saturated heterocycles. The van der Waals surface area contributed by atoms with E-state index in [0.717, 1.165) is 10.5 Å². The second-order valence-corrected chi connectivity index (χ2v) is 4.13. The molecule has 1 rings (SSSR count). The Morgan fingerprint density at radius 2 is 2.33 bits per heavy atom. The molecule has 0 saturated carbocycles. The van der Waals surface area contributed by atoms with Crippen LogP contribution >= 0.6 is 11.9 Å². The van der Waals surface area contributed by atoms with Crippen LogP contribution in [0.1, 0.15) is 5.56 Å². The number of aryl methyl sites for hydroxylation is 1. The van der Waals surface area contributed by atoms with Crippen LogP contribution in [0.5, 0.6) is 0 Å². The average Bonchev–Trinajstić information content (AvgIpc) is 2.21. The predicted octanol–water partition coefficient (Wildman–Crippen LogP) is 2.59. The normalized spacial score (nSPS) is 9.20. The fraction of sp³-hybridized carbons (Fsp3) is 0.222. The number of hydrogen-bond donors (Lipinski definition) is 0. The van der Waals surface area contributed by atoms with E-state index in [4.69, 9.17) is 5.53 Å². The topological polar surface area (TPSA) is 69.1 Å². The molecule has 0 unspecified atom stereocenters. The van der Waals surface area contributed by atoms with Crippen molar-refractivity contribution in [3.63, 3.8) is 0 Å². The summed E-state index contributed by atoms with van der Waals surface area (Å²) in [4.78, 5) is 14.2. The van der Waals surface area contributed by atoms with Crippen molar-refractivity contribution < 1.29 is 4.79 Å². The van der Waals surface area contributed by atoms with Gasteiger partial charge < -0.3 is 10.3 Å². The highest BCUT2D eigenvalue weighted by Gasteiger charge is 2.10. The molecule has 0 atom stereocenters. The highest BCUT2D eigenvalue weighted by Crippen LogP contribution is 2.31. The SMILES string of the molecule is Cc1ccc(SN(C)C=[N+]=[N-])c(N=O)c1. The molecular weight excluding hydrogens is 212 g/mol. The lowest BCUT2D eigenvalue weighted by atomic mass is 10.2. The number of rotatable bonds is 4. The molecule has 78 valence electrons. The highest BCUT2D eigenvalue weighted by atomic mass is 32.2. The van der Waals surface area contributed by atoms with E-state index in [1.165, 1.54) is 18.3 Å². The summed E-state index contributed by atoms with van der Waals surface area (Å²) < 4.78 is 1.57. The fourth-order valence-corrected chi connectivity index (χ4v) is 1.75. The van der Waals surface area contributed by atoms with Gasteiger partial charge in [-0.25, -0.2) is 0 Å². The van der Waals surface area contributed by atoms with Crippen LogP contribution in [0, 0.1) is 11.8 Å². The maximum absolute atomic E-state index is 10.6. The van der Waals surface area contributed by atoms with E-state index in [0.29, 0.717) is 5.69 Å². The Morgan fingerprint density at radius 3 is 2.93 bits per heavy atom. The molecule has 0 aliphatic carbocycles. The Morgan fingerprint density at radius 1 is 1.60 bits per heavy atom. The first kappa shape index (κ1) is 11.4. The van der Waals surface area contributed by atoms with E-state index in [-0.39, 0.29) is 0 Å². The Labute approximate surface area is 91.8 Å². The maximum Gasteiger partial charge on any atom is 0.328 e. The van der Waals surface area contributed by atoms with Crippen molar-refractivity contribution >= 4 is 24.0 Å². The van der Waals surface area contributed by atoms with Gasteiger partial charge in [0.05, 0.1) is 23.9 Å². The first-order valence-corrected chi connectivity index (χ1v) is 4.97. The molecule has 0 amide bonds. The summed E-state index contributed by atoms with van der Waals surface area (Å²) in [5.41, 5.74) is 9.68. The van der Waals surface area contributed by atoms with Crippen LogP contribution in [-0.2, 0) is 0 Å². The van der Waals surface area contributed by atoms with E-state index in [2.05, 4.69) is 9.97 Å². The molecule has 5 nitrogen and oxygen atoms in total. The quantitative estimate of drug-likeness (QED) is 0.196. The molecule has 1 aromatic rings. The van der Waals surface area contributed by atoms with Crippen molar-refractivity contribution in [2.24, 2.45) is 5.18 Å². The van der Waals surface area contributed by atoms with Gasteiger partial charge in [-0.2, -0.15) is 4.31 Å². The van der Waals surface area contributed by atoms with E-state index in [9.17, 15) is 4.91 Å². The summed E-state index contributed by atoms with van der Waals surface area (Å²) in [5, 5.41) is 2.94. The van der Waals surface area contributed by atoms with Gasteiger partial charge in [-0.3, -0.25) is 0 Å². The first-order valence-electron chi connectivity index (χ1n) is 4.19. The van der Waals surface area contributed by atoms with Gasteiger partial charge >= 0.3 is 6.34 Å². The number of hydrogen-bond acceptors (Lipinski definition) is 3. The van der Waals surface area contributed by atoms with Crippen molar-refractivity contribution in [3.8, 4) is 0 Å². The van der Waals surface area contributed by atoms with E-state index in [1.807, 2.05) is 13.0 Å². The minimum Gasteiger partial charge on any atom is -0.498 e. The zero-order valence-corrected chi connectivity index (χ0v) is 9.23. The van der Waals surface area contributed by atoms with Gasteiger partial charge in [0.25, 0.3) is 0 Å². The van der Waals surface area contributed by atoms with Gasteiger partial charge in [0.1, 0.15) is 5.69 Å². The average molecular weight is 222 g/mol. The summed E-state index contributed by atoms with van der Waals surface area (Å²) in [6.07, 6.45) is 1.24. The van der Waals surface area contributed by atoms with Crippen molar-refractivity contribution in [1.29, 1.82) is 0 Å². The zero-order valence-electron chi connectivity index (χ0n) is 8.41.